The molecule has 1 saturated heterocycles. The average Bonchev–Trinajstić information content (AvgIpc) is 3.67. The van der Waals surface area contributed by atoms with E-state index in [1.807, 2.05) is 20.0 Å². The smallest absolute Gasteiger partial charge is 0.308 e. The molecule has 5 aliphatic rings. The van der Waals surface area contributed by atoms with E-state index in [2.05, 4.69) is 15.9 Å². The number of amides is 2. The Morgan fingerprint density at radius 3 is 2.20 bits per heavy atom. The fourth-order valence-electron chi connectivity index (χ4n) is 9.09. The third-order valence-electron chi connectivity index (χ3n) is 11.0. The highest BCUT2D eigenvalue weighted by Gasteiger charge is 2.58. The number of imide groups is 1. The Hall–Kier alpha value is -5.45. The van der Waals surface area contributed by atoms with E-state index in [0.29, 0.717) is 63.0 Å². The molecule has 5 atom stereocenters. The summed E-state index contributed by atoms with van der Waals surface area (Å²) in [6.45, 7) is 6.15. The molecule has 0 radical (unpaired) electrons. The molecule has 13 nitrogen and oxygen atoms in total. The molecular weight excluding hydrogens is 656 g/mol. The van der Waals surface area contributed by atoms with Crippen LogP contribution >= 0.6 is 0 Å². The highest BCUT2D eigenvalue weighted by molar-refractivity contribution is 6.21. The number of hydrogen-bond donors (Lipinski definition) is 0. The van der Waals surface area contributed by atoms with Crippen molar-refractivity contribution in [2.24, 2.45) is 0 Å². The molecule has 0 unspecified atom stereocenters. The van der Waals surface area contributed by atoms with E-state index in [4.69, 9.17) is 23.7 Å². The van der Waals surface area contributed by atoms with Crippen molar-refractivity contribution >= 4 is 23.8 Å². The Morgan fingerprint density at radius 2 is 1.57 bits per heavy atom. The molecule has 51 heavy (non-hydrogen) atoms. The number of nitriles is 1. The summed E-state index contributed by atoms with van der Waals surface area (Å²) in [6, 6.07) is 8.53. The van der Waals surface area contributed by atoms with E-state index < -0.39 is 47.9 Å². The van der Waals surface area contributed by atoms with Gasteiger partial charge in [-0.15, -0.1) is 0 Å². The lowest BCUT2D eigenvalue weighted by Gasteiger charge is -2.60. The number of likely N-dealkylation sites (N-methyl/N-ethyl adjacent to an activating group) is 1. The van der Waals surface area contributed by atoms with Crippen molar-refractivity contribution in [2.45, 2.75) is 70.7 Å². The van der Waals surface area contributed by atoms with Crippen molar-refractivity contribution in [3.63, 3.8) is 0 Å². The summed E-state index contributed by atoms with van der Waals surface area (Å²) in [7, 11) is 3.48. The molecule has 0 aliphatic carbocycles. The third-order valence-corrected chi connectivity index (χ3v) is 11.0. The minimum atomic E-state index is -0.777. The van der Waals surface area contributed by atoms with Crippen LogP contribution in [0.2, 0.25) is 0 Å². The van der Waals surface area contributed by atoms with Gasteiger partial charge in [0, 0.05) is 54.7 Å². The summed E-state index contributed by atoms with van der Waals surface area (Å²) >= 11 is 0. The molecular formula is C38H36N4O9. The Kier molecular flexibility index (Phi) is 7.59. The number of esters is 2. The molecule has 13 heteroatoms. The second-order valence-corrected chi connectivity index (χ2v) is 13.7. The van der Waals surface area contributed by atoms with E-state index in [9.17, 15) is 24.4 Å². The van der Waals surface area contributed by atoms with Crippen molar-refractivity contribution < 1.29 is 42.9 Å². The van der Waals surface area contributed by atoms with Crippen LogP contribution < -0.4 is 23.7 Å². The van der Waals surface area contributed by atoms with Crippen LogP contribution in [-0.4, -0.2) is 84.1 Å². The number of piperazine rings is 1. The van der Waals surface area contributed by atoms with E-state index in [-0.39, 0.29) is 25.8 Å². The standard InChI is InChI=1S/C38H36N4O9/c1-17-11-21-12-25-27(14-39)42-26(31(40(25)5)29(21)36(32(17)47-6)51-20(4)44)13-24-30(35-34(48-16-49-35)18(2)33(24)50-19(3)43)28(42)15-41-37(45)22-9-7-8-10-23(22)38(41)46/h7-11,25-28,31H,12-13,15-16H2,1-6H3/t25-,26-,27-,28-,31-/m0/s1. The minimum Gasteiger partial charge on any atom is -0.493 e. The number of nitrogens with zero attached hydrogens (tertiary/aromatic N) is 4. The van der Waals surface area contributed by atoms with Gasteiger partial charge in [-0.3, -0.25) is 33.9 Å². The molecule has 1 fully saturated rings. The van der Waals surface area contributed by atoms with Crippen LogP contribution in [-0.2, 0) is 22.4 Å². The van der Waals surface area contributed by atoms with Crippen LogP contribution in [0.3, 0.4) is 0 Å². The van der Waals surface area contributed by atoms with E-state index in [1.165, 1.54) is 25.9 Å². The van der Waals surface area contributed by atoms with E-state index in [0.717, 1.165) is 16.7 Å². The third kappa shape index (κ3) is 4.66. The molecule has 3 aromatic rings. The fourth-order valence-corrected chi connectivity index (χ4v) is 9.09. The van der Waals surface area contributed by atoms with Gasteiger partial charge in [0.25, 0.3) is 11.8 Å². The Balaban J connectivity index is 1.39. The number of fused-ring (bicyclic) bond motifs is 10. The summed E-state index contributed by atoms with van der Waals surface area (Å²) in [6.07, 6.45) is 0.739. The molecule has 0 N–H and O–H groups in total. The molecule has 5 aliphatic heterocycles. The summed E-state index contributed by atoms with van der Waals surface area (Å²) in [5.74, 6) is -0.0275. The van der Waals surface area contributed by atoms with Gasteiger partial charge < -0.3 is 23.7 Å². The number of ether oxygens (including phenoxy) is 5. The maximum absolute atomic E-state index is 13.9. The van der Waals surface area contributed by atoms with Crippen molar-refractivity contribution in [2.75, 3.05) is 27.5 Å². The predicted molar refractivity (Wildman–Crippen MR) is 179 cm³/mol. The molecule has 2 bridgehead atoms. The first-order chi connectivity index (χ1) is 24.5. The second-order valence-electron chi connectivity index (χ2n) is 13.7. The van der Waals surface area contributed by atoms with Gasteiger partial charge >= 0.3 is 11.9 Å². The van der Waals surface area contributed by atoms with Gasteiger partial charge in [-0.25, -0.2) is 0 Å². The normalized spacial score (nSPS) is 24.3. The summed E-state index contributed by atoms with van der Waals surface area (Å²) in [4.78, 5) is 58.5. The maximum atomic E-state index is 13.9. The summed E-state index contributed by atoms with van der Waals surface area (Å²) in [5.41, 5.74) is 4.91. The lowest BCUT2D eigenvalue weighted by atomic mass is 9.71. The van der Waals surface area contributed by atoms with Gasteiger partial charge in [-0.2, -0.15) is 5.26 Å². The maximum Gasteiger partial charge on any atom is 0.308 e. The van der Waals surface area contributed by atoms with E-state index in [1.54, 1.807) is 31.2 Å². The lowest BCUT2D eigenvalue weighted by molar-refractivity contribution is -0.133. The van der Waals surface area contributed by atoms with Gasteiger partial charge in [-0.05, 0) is 57.0 Å². The number of methoxy groups -OCH3 is 1. The van der Waals surface area contributed by atoms with Gasteiger partial charge in [0.1, 0.15) is 11.8 Å². The Bertz CT molecular complexity index is 2090. The molecule has 2 amide bonds. The predicted octanol–water partition coefficient (Wildman–Crippen LogP) is 3.96. The highest BCUT2D eigenvalue weighted by atomic mass is 16.7. The molecule has 0 saturated carbocycles. The second kappa shape index (κ2) is 11.8. The highest BCUT2D eigenvalue weighted by Crippen LogP contribution is 2.59. The number of rotatable bonds is 5. The first-order valence-corrected chi connectivity index (χ1v) is 16.8. The molecule has 8 rings (SSSR count). The lowest BCUT2D eigenvalue weighted by Crippen LogP contribution is -2.69. The van der Waals surface area contributed by atoms with Gasteiger partial charge in [0.15, 0.2) is 23.0 Å². The van der Waals surface area contributed by atoms with Crippen LogP contribution in [0.5, 0.6) is 28.7 Å². The molecule has 0 spiro atoms. The van der Waals surface area contributed by atoms with Gasteiger partial charge in [0.05, 0.1) is 36.4 Å². The summed E-state index contributed by atoms with van der Waals surface area (Å²) < 4.78 is 29.7. The SMILES string of the molecule is COc1c(C)cc2c(c1OC(C)=O)[C@@H]1[C@@H]3Cc4c(OC(C)=O)c(C)c5c(c4[C@H](CN4C(=O)c6ccccc6C4=O)N3[C@@H](C#N)[C@H](C2)N1C)OCO5. The Labute approximate surface area is 294 Å². The topological polar surface area (TPSA) is 148 Å². The van der Waals surface area contributed by atoms with Crippen molar-refractivity contribution in [3.8, 4) is 34.8 Å². The molecule has 262 valence electrons. The number of hydrogen-bond acceptors (Lipinski definition) is 12. The Morgan fingerprint density at radius 1 is 0.922 bits per heavy atom. The van der Waals surface area contributed by atoms with Gasteiger partial charge in [-0.1, -0.05) is 18.2 Å². The molecule has 3 aromatic carbocycles. The zero-order valence-electron chi connectivity index (χ0n) is 29.1. The zero-order valence-corrected chi connectivity index (χ0v) is 29.1. The monoisotopic (exact) mass is 692 g/mol. The quantitative estimate of drug-likeness (QED) is 0.217. The van der Waals surface area contributed by atoms with Crippen LogP contribution in [0.25, 0.3) is 0 Å². The van der Waals surface area contributed by atoms with Crippen molar-refractivity contribution in [3.05, 3.63) is 74.8 Å². The number of carbonyl (C=O) groups is 4. The number of aryl methyl sites for hydroxylation is 1. The fraction of sp³-hybridized carbons (Fsp3) is 0.395. The van der Waals surface area contributed by atoms with Crippen LogP contribution in [0.15, 0.2) is 30.3 Å². The van der Waals surface area contributed by atoms with Crippen molar-refractivity contribution in [1.82, 2.24) is 14.7 Å². The van der Waals surface area contributed by atoms with Crippen LogP contribution in [0.1, 0.15) is 80.0 Å². The van der Waals surface area contributed by atoms with Crippen LogP contribution in [0, 0.1) is 25.2 Å². The van der Waals surface area contributed by atoms with Gasteiger partial charge in [0.2, 0.25) is 6.79 Å². The minimum absolute atomic E-state index is 0.0801. The summed E-state index contributed by atoms with van der Waals surface area (Å²) in [5, 5.41) is 11.0. The zero-order chi connectivity index (χ0) is 36.0. The van der Waals surface area contributed by atoms with Crippen LogP contribution in [0.4, 0.5) is 0 Å². The first-order valence-electron chi connectivity index (χ1n) is 16.8. The van der Waals surface area contributed by atoms with E-state index >= 15 is 0 Å². The van der Waals surface area contributed by atoms with Crippen molar-refractivity contribution in [1.29, 1.82) is 5.26 Å². The molecule has 5 heterocycles. The molecule has 0 aromatic heterocycles. The average molecular weight is 693 g/mol. The number of carbonyl (C=O) groups excluding carboxylic acids is 4. The first kappa shape index (κ1) is 32.7. The number of benzene rings is 3. The largest absolute Gasteiger partial charge is 0.493 e.